The van der Waals surface area contributed by atoms with Crippen LogP contribution in [0.25, 0.3) is 22.3 Å². The van der Waals surface area contributed by atoms with Crippen LogP contribution in [0.15, 0.2) is 45.6 Å². The van der Waals surface area contributed by atoms with Gasteiger partial charge in [0.1, 0.15) is 28.2 Å². The van der Waals surface area contributed by atoms with Crippen molar-refractivity contribution in [3.63, 3.8) is 0 Å². The number of aromatic hydroxyl groups is 2. The first kappa shape index (κ1) is 19.2. The molecular weight excluding hydrogens is 473 g/mol. The molecule has 1 aliphatic heterocycles. The molecule has 2 aromatic carbocycles. The van der Waals surface area contributed by atoms with E-state index in [0.717, 1.165) is 15.7 Å². The molecule has 0 aliphatic carbocycles. The van der Waals surface area contributed by atoms with Crippen LogP contribution in [0.4, 0.5) is 0 Å². The van der Waals surface area contributed by atoms with Crippen LogP contribution in [0.2, 0.25) is 0 Å². The van der Waals surface area contributed by atoms with Gasteiger partial charge in [-0.2, -0.15) is 0 Å². The monoisotopic (exact) mass is 493 g/mol. The van der Waals surface area contributed by atoms with Gasteiger partial charge in [-0.05, 0) is 54.7 Å². The van der Waals surface area contributed by atoms with Crippen LogP contribution in [0.3, 0.4) is 0 Å². The Morgan fingerprint density at radius 2 is 2.00 bits per heavy atom. The second-order valence-corrected chi connectivity index (χ2v) is 8.39. The summed E-state index contributed by atoms with van der Waals surface area (Å²) in [6.45, 7) is 0.669. The molecule has 3 aromatic rings. The quantitative estimate of drug-likeness (QED) is 0.486. The van der Waals surface area contributed by atoms with Crippen molar-refractivity contribution in [2.75, 3.05) is 20.2 Å². The molecule has 4 rings (SSSR count). The molecule has 0 radical (unpaired) electrons. The van der Waals surface area contributed by atoms with Crippen molar-refractivity contribution in [1.29, 1.82) is 0 Å². The first-order chi connectivity index (χ1) is 13.4. The summed E-state index contributed by atoms with van der Waals surface area (Å²) in [5.41, 5.74) is 1.00. The zero-order valence-electron chi connectivity index (χ0n) is 15.2. The number of fused-ring (bicyclic) bond motifs is 1. The average molecular weight is 493 g/mol. The number of aliphatic hydroxyl groups is 1. The van der Waals surface area contributed by atoms with Gasteiger partial charge in [-0.1, -0.05) is 12.1 Å². The number of phenolic OH excluding ortho intramolecular Hbond substituents is 2. The third-order valence-corrected chi connectivity index (χ3v) is 6.16. The molecule has 1 fully saturated rings. The standard InChI is InChI=1S/C21H20INO5/c1-23-6-5-13(14(23)10-24)19-15(25)8-16(26)20-17(27)9-18(28-21(19)20)11-3-2-4-12(22)7-11/h2-4,7-9,13-14,24-26H,5-6,10H2,1H3/t13-,14+/m0/s1. The highest BCUT2D eigenvalue weighted by Gasteiger charge is 2.36. The van der Waals surface area contributed by atoms with Crippen LogP contribution < -0.4 is 5.43 Å². The highest BCUT2D eigenvalue weighted by molar-refractivity contribution is 14.1. The summed E-state index contributed by atoms with van der Waals surface area (Å²) in [5, 5.41) is 30.8. The Hall–Kier alpha value is -2.10. The first-order valence-corrected chi connectivity index (χ1v) is 10.1. The lowest BCUT2D eigenvalue weighted by Crippen LogP contribution is -2.32. The first-order valence-electron chi connectivity index (χ1n) is 9.00. The topological polar surface area (TPSA) is 94.1 Å². The minimum Gasteiger partial charge on any atom is -0.507 e. The Labute approximate surface area is 175 Å². The Morgan fingerprint density at radius 3 is 2.71 bits per heavy atom. The van der Waals surface area contributed by atoms with Crippen LogP contribution >= 0.6 is 22.6 Å². The zero-order valence-corrected chi connectivity index (χ0v) is 17.4. The summed E-state index contributed by atoms with van der Waals surface area (Å²) in [7, 11) is 1.91. The number of benzene rings is 2. The number of likely N-dealkylation sites (tertiary alicyclic amines) is 1. The Morgan fingerprint density at radius 1 is 1.21 bits per heavy atom. The van der Waals surface area contributed by atoms with Crippen molar-refractivity contribution in [2.45, 2.75) is 18.4 Å². The average Bonchev–Trinajstić information content (AvgIpc) is 3.01. The zero-order chi connectivity index (χ0) is 20.0. The highest BCUT2D eigenvalue weighted by Crippen LogP contribution is 2.44. The number of halogens is 1. The van der Waals surface area contributed by atoms with E-state index in [1.54, 1.807) is 0 Å². The van der Waals surface area contributed by atoms with E-state index in [1.807, 2.05) is 36.2 Å². The lowest BCUT2D eigenvalue weighted by Gasteiger charge is -2.24. The van der Waals surface area contributed by atoms with Gasteiger partial charge >= 0.3 is 0 Å². The van der Waals surface area contributed by atoms with Crippen LogP contribution in [-0.4, -0.2) is 46.5 Å². The van der Waals surface area contributed by atoms with Gasteiger partial charge in [0.25, 0.3) is 0 Å². The molecule has 0 amide bonds. The summed E-state index contributed by atoms with van der Waals surface area (Å²) >= 11 is 2.18. The fourth-order valence-corrected chi connectivity index (χ4v) is 4.62. The van der Waals surface area contributed by atoms with Gasteiger partial charge in [-0.3, -0.25) is 4.79 Å². The molecule has 0 bridgehead atoms. The molecule has 28 heavy (non-hydrogen) atoms. The molecule has 0 unspecified atom stereocenters. The number of aliphatic hydroxyl groups excluding tert-OH is 1. The number of hydrogen-bond acceptors (Lipinski definition) is 6. The maximum absolute atomic E-state index is 12.8. The molecule has 3 N–H and O–H groups in total. The van der Waals surface area contributed by atoms with Gasteiger partial charge in [-0.25, -0.2) is 0 Å². The van der Waals surface area contributed by atoms with Crippen LogP contribution in [-0.2, 0) is 0 Å². The molecule has 0 saturated carbocycles. The van der Waals surface area contributed by atoms with Crippen LogP contribution in [0, 0.1) is 3.57 Å². The largest absolute Gasteiger partial charge is 0.507 e. The molecule has 1 aliphatic rings. The lowest BCUT2D eigenvalue weighted by atomic mass is 9.89. The smallest absolute Gasteiger partial charge is 0.197 e. The van der Waals surface area contributed by atoms with Gasteiger partial charge < -0.3 is 24.6 Å². The van der Waals surface area contributed by atoms with E-state index in [4.69, 9.17) is 4.42 Å². The Balaban J connectivity index is 2.01. The van der Waals surface area contributed by atoms with Crippen molar-refractivity contribution in [2.24, 2.45) is 0 Å². The molecular formula is C21H20INO5. The number of nitrogens with zero attached hydrogens (tertiary/aromatic N) is 1. The second kappa shape index (κ2) is 7.38. The van der Waals surface area contributed by atoms with Gasteiger partial charge in [0.05, 0.1) is 6.61 Å². The van der Waals surface area contributed by atoms with Crippen molar-refractivity contribution in [3.8, 4) is 22.8 Å². The molecule has 2 heterocycles. The molecule has 1 saturated heterocycles. The van der Waals surface area contributed by atoms with Gasteiger partial charge in [-0.15, -0.1) is 0 Å². The van der Waals surface area contributed by atoms with E-state index in [-0.39, 0.29) is 46.5 Å². The van der Waals surface area contributed by atoms with Gasteiger partial charge in [0, 0.05) is 38.8 Å². The normalized spacial score (nSPS) is 20.1. The van der Waals surface area contributed by atoms with E-state index in [2.05, 4.69) is 22.6 Å². The van der Waals surface area contributed by atoms with E-state index < -0.39 is 0 Å². The maximum Gasteiger partial charge on any atom is 0.197 e. The second-order valence-electron chi connectivity index (χ2n) is 7.14. The maximum atomic E-state index is 12.8. The predicted molar refractivity (Wildman–Crippen MR) is 115 cm³/mol. The van der Waals surface area contributed by atoms with E-state index in [9.17, 15) is 20.1 Å². The minimum absolute atomic E-state index is 0.0495. The van der Waals surface area contributed by atoms with Gasteiger partial charge in [0.15, 0.2) is 5.43 Å². The molecule has 2 atom stereocenters. The summed E-state index contributed by atoms with van der Waals surface area (Å²) in [4.78, 5) is 14.8. The predicted octanol–water partition coefficient (Wildman–Crippen LogP) is 3.26. The van der Waals surface area contributed by atoms with E-state index in [1.165, 1.54) is 12.1 Å². The molecule has 146 valence electrons. The van der Waals surface area contributed by atoms with Crippen LogP contribution in [0.1, 0.15) is 17.9 Å². The Bertz CT molecular complexity index is 1110. The number of rotatable bonds is 3. The van der Waals surface area contributed by atoms with Crippen molar-refractivity contribution in [3.05, 3.63) is 55.8 Å². The lowest BCUT2D eigenvalue weighted by molar-refractivity contribution is 0.172. The third kappa shape index (κ3) is 3.17. The minimum atomic E-state index is -0.374. The Kier molecular flexibility index (Phi) is 5.07. The van der Waals surface area contributed by atoms with E-state index in [0.29, 0.717) is 17.7 Å². The van der Waals surface area contributed by atoms with Crippen LogP contribution in [0.5, 0.6) is 11.5 Å². The molecule has 6 nitrogen and oxygen atoms in total. The SMILES string of the molecule is CN1CC[C@H](c2c(O)cc(O)c3c(=O)cc(-c4cccc(I)c4)oc23)[C@H]1CO. The number of phenols is 2. The highest BCUT2D eigenvalue weighted by atomic mass is 127. The van der Waals surface area contributed by atoms with E-state index >= 15 is 0 Å². The summed E-state index contributed by atoms with van der Waals surface area (Å²) < 4.78 is 7.09. The van der Waals surface area contributed by atoms with Crippen molar-refractivity contribution in [1.82, 2.24) is 4.90 Å². The summed E-state index contributed by atoms with van der Waals surface area (Å²) in [5.74, 6) is -0.292. The summed E-state index contributed by atoms with van der Waals surface area (Å²) in [6.07, 6.45) is 0.701. The van der Waals surface area contributed by atoms with Gasteiger partial charge in [0.2, 0.25) is 0 Å². The van der Waals surface area contributed by atoms with Crippen molar-refractivity contribution < 1.29 is 19.7 Å². The molecule has 1 aromatic heterocycles. The molecule has 7 heteroatoms. The third-order valence-electron chi connectivity index (χ3n) is 5.49. The number of hydrogen-bond donors (Lipinski definition) is 3. The fraction of sp³-hybridized carbons (Fsp3) is 0.286. The molecule has 0 spiro atoms. The number of likely N-dealkylation sites (N-methyl/N-ethyl adjacent to an activating group) is 1. The van der Waals surface area contributed by atoms with Crippen molar-refractivity contribution >= 4 is 33.6 Å². The summed E-state index contributed by atoms with van der Waals surface area (Å²) in [6, 6.07) is 9.89. The fourth-order valence-electron chi connectivity index (χ4n) is 4.08.